The van der Waals surface area contributed by atoms with Gasteiger partial charge in [-0.25, -0.2) is 0 Å². The van der Waals surface area contributed by atoms with Gasteiger partial charge in [0.1, 0.15) is 5.75 Å². The summed E-state index contributed by atoms with van der Waals surface area (Å²) >= 11 is 6.27. The van der Waals surface area contributed by atoms with Crippen molar-refractivity contribution >= 4 is 17.3 Å². The van der Waals surface area contributed by atoms with Gasteiger partial charge in [0.05, 0.1) is 0 Å². The third-order valence-corrected chi connectivity index (χ3v) is 4.02. The van der Waals surface area contributed by atoms with Gasteiger partial charge in [0, 0.05) is 30.3 Å². The first kappa shape index (κ1) is 15.7. The van der Waals surface area contributed by atoms with Gasteiger partial charge in [-0.15, -0.1) is 0 Å². The SMILES string of the molecule is CNC(CCN(C)c1ccc(O)cc1)c1ccccc1Cl. The van der Waals surface area contributed by atoms with Crippen LogP contribution < -0.4 is 10.2 Å². The lowest BCUT2D eigenvalue weighted by Crippen LogP contribution is -2.25. The van der Waals surface area contributed by atoms with E-state index in [9.17, 15) is 5.11 Å². The fourth-order valence-corrected chi connectivity index (χ4v) is 2.64. The Morgan fingerprint density at radius 2 is 1.81 bits per heavy atom. The zero-order valence-corrected chi connectivity index (χ0v) is 13.1. The molecule has 0 aliphatic carbocycles. The molecule has 0 saturated heterocycles. The van der Waals surface area contributed by atoms with Crippen molar-refractivity contribution in [2.45, 2.75) is 12.5 Å². The average Bonchev–Trinajstić information content (AvgIpc) is 2.50. The summed E-state index contributed by atoms with van der Waals surface area (Å²) < 4.78 is 0. The zero-order valence-electron chi connectivity index (χ0n) is 12.4. The number of anilines is 1. The highest BCUT2D eigenvalue weighted by Crippen LogP contribution is 2.25. The number of nitrogens with zero attached hydrogens (tertiary/aromatic N) is 1. The minimum absolute atomic E-state index is 0.221. The number of hydrogen-bond donors (Lipinski definition) is 2. The fourth-order valence-electron chi connectivity index (χ4n) is 2.37. The molecule has 21 heavy (non-hydrogen) atoms. The number of rotatable bonds is 6. The van der Waals surface area contributed by atoms with E-state index in [0.29, 0.717) is 0 Å². The molecule has 0 radical (unpaired) electrons. The Labute approximate surface area is 131 Å². The Morgan fingerprint density at radius 3 is 2.43 bits per heavy atom. The van der Waals surface area contributed by atoms with E-state index < -0.39 is 0 Å². The molecule has 0 aliphatic rings. The molecule has 2 aromatic rings. The minimum Gasteiger partial charge on any atom is -0.508 e. The third-order valence-electron chi connectivity index (χ3n) is 3.67. The summed E-state index contributed by atoms with van der Waals surface area (Å²) in [5.74, 6) is 0.288. The molecule has 0 saturated carbocycles. The summed E-state index contributed by atoms with van der Waals surface area (Å²) in [5, 5.41) is 13.5. The van der Waals surface area contributed by atoms with Crippen LogP contribution >= 0.6 is 11.6 Å². The van der Waals surface area contributed by atoms with Crippen LogP contribution in [-0.2, 0) is 0 Å². The lowest BCUT2D eigenvalue weighted by atomic mass is 10.0. The number of phenols is 1. The predicted octanol–water partition coefficient (Wildman–Crippen LogP) is 3.83. The number of nitrogens with one attached hydrogen (secondary N) is 1. The number of hydrogen-bond acceptors (Lipinski definition) is 3. The summed E-state index contributed by atoms with van der Waals surface area (Å²) in [7, 11) is 4.00. The maximum Gasteiger partial charge on any atom is 0.115 e. The summed E-state index contributed by atoms with van der Waals surface area (Å²) in [6.07, 6.45) is 0.942. The maximum absolute atomic E-state index is 9.33. The van der Waals surface area contributed by atoms with Gasteiger partial charge in [0.2, 0.25) is 0 Å². The van der Waals surface area contributed by atoms with E-state index in [0.717, 1.165) is 29.2 Å². The van der Waals surface area contributed by atoms with E-state index in [2.05, 4.69) is 16.3 Å². The van der Waals surface area contributed by atoms with Gasteiger partial charge in [-0.1, -0.05) is 29.8 Å². The van der Waals surface area contributed by atoms with Gasteiger partial charge in [-0.2, -0.15) is 0 Å². The molecule has 112 valence electrons. The van der Waals surface area contributed by atoms with Crippen LogP contribution in [0.2, 0.25) is 5.02 Å². The molecular formula is C17H21ClN2O. The summed E-state index contributed by atoms with van der Waals surface area (Å²) in [4.78, 5) is 2.17. The monoisotopic (exact) mass is 304 g/mol. The smallest absolute Gasteiger partial charge is 0.115 e. The summed E-state index contributed by atoms with van der Waals surface area (Å²) in [6, 6.07) is 15.4. The highest BCUT2D eigenvalue weighted by Gasteiger charge is 2.13. The number of phenolic OH excluding ortho intramolecular Hbond substituents is 1. The molecular weight excluding hydrogens is 284 g/mol. The van der Waals surface area contributed by atoms with Crippen LogP contribution in [0.25, 0.3) is 0 Å². The van der Waals surface area contributed by atoms with Crippen LogP contribution in [-0.4, -0.2) is 25.7 Å². The van der Waals surface area contributed by atoms with E-state index >= 15 is 0 Å². The van der Waals surface area contributed by atoms with Crippen LogP contribution in [0.4, 0.5) is 5.69 Å². The Balaban J connectivity index is 2.00. The van der Waals surface area contributed by atoms with E-state index in [4.69, 9.17) is 11.6 Å². The standard InChI is InChI=1S/C17H21ClN2O/c1-19-17(15-5-3-4-6-16(15)18)11-12-20(2)13-7-9-14(21)10-8-13/h3-10,17,19,21H,11-12H2,1-2H3. The highest BCUT2D eigenvalue weighted by molar-refractivity contribution is 6.31. The van der Waals surface area contributed by atoms with Gasteiger partial charge in [-0.05, 0) is 49.4 Å². The molecule has 0 aliphatic heterocycles. The molecule has 2 aromatic carbocycles. The van der Waals surface area contributed by atoms with E-state index in [-0.39, 0.29) is 11.8 Å². The molecule has 4 heteroatoms. The normalized spacial score (nSPS) is 12.1. The van der Waals surface area contributed by atoms with Gasteiger partial charge < -0.3 is 15.3 Å². The Morgan fingerprint density at radius 1 is 1.14 bits per heavy atom. The van der Waals surface area contributed by atoms with E-state index in [1.165, 1.54) is 0 Å². The molecule has 0 fully saturated rings. The zero-order chi connectivity index (χ0) is 15.2. The minimum atomic E-state index is 0.221. The predicted molar refractivity (Wildman–Crippen MR) is 89.2 cm³/mol. The van der Waals surface area contributed by atoms with Gasteiger partial charge >= 0.3 is 0 Å². The van der Waals surface area contributed by atoms with Crippen molar-refractivity contribution in [1.29, 1.82) is 0 Å². The lowest BCUT2D eigenvalue weighted by molar-refractivity contribution is 0.475. The molecule has 2 N–H and O–H groups in total. The van der Waals surface area contributed by atoms with Crippen LogP contribution in [0, 0.1) is 0 Å². The van der Waals surface area contributed by atoms with Crippen molar-refractivity contribution in [1.82, 2.24) is 5.32 Å². The van der Waals surface area contributed by atoms with Crippen molar-refractivity contribution in [2.24, 2.45) is 0 Å². The molecule has 2 rings (SSSR count). The molecule has 1 atom stereocenters. The Kier molecular flexibility index (Phi) is 5.48. The Hall–Kier alpha value is -1.71. The van der Waals surface area contributed by atoms with Gasteiger partial charge in [0.25, 0.3) is 0 Å². The average molecular weight is 305 g/mol. The third kappa shape index (κ3) is 4.13. The first-order chi connectivity index (χ1) is 10.1. The number of benzene rings is 2. The van der Waals surface area contributed by atoms with E-state index in [1.54, 1.807) is 12.1 Å². The molecule has 0 aromatic heterocycles. The van der Waals surface area contributed by atoms with Crippen molar-refractivity contribution in [3.05, 3.63) is 59.1 Å². The van der Waals surface area contributed by atoms with E-state index in [1.807, 2.05) is 44.4 Å². The van der Waals surface area contributed by atoms with Crippen LogP contribution in [0.3, 0.4) is 0 Å². The topological polar surface area (TPSA) is 35.5 Å². The van der Waals surface area contributed by atoms with Crippen molar-refractivity contribution in [3.8, 4) is 5.75 Å². The van der Waals surface area contributed by atoms with Crippen LogP contribution in [0.15, 0.2) is 48.5 Å². The fraction of sp³-hybridized carbons (Fsp3) is 0.294. The molecule has 0 spiro atoms. The maximum atomic E-state index is 9.33. The summed E-state index contributed by atoms with van der Waals surface area (Å²) in [6.45, 7) is 0.890. The highest BCUT2D eigenvalue weighted by atomic mass is 35.5. The first-order valence-electron chi connectivity index (χ1n) is 7.03. The molecule has 1 unspecified atom stereocenters. The summed E-state index contributed by atoms with van der Waals surface area (Å²) in [5.41, 5.74) is 2.21. The number of halogens is 1. The van der Waals surface area contributed by atoms with Crippen LogP contribution in [0.5, 0.6) is 5.75 Å². The Bertz CT molecular complexity index is 571. The van der Waals surface area contributed by atoms with Crippen molar-refractivity contribution < 1.29 is 5.11 Å². The largest absolute Gasteiger partial charge is 0.508 e. The van der Waals surface area contributed by atoms with Crippen LogP contribution in [0.1, 0.15) is 18.0 Å². The molecule has 0 bridgehead atoms. The molecule has 3 nitrogen and oxygen atoms in total. The first-order valence-corrected chi connectivity index (χ1v) is 7.41. The second-order valence-electron chi connectivity index (χ2n) is 5.09. The second kappa shape index (κ2) is 7.34. The van der Waals surface area contributed by atoms with Crippen molar-refractivity contribution in [3.63, 3.8) is 0 Å². The number of aromatic hydroxyl groups is 1. The van der Waals surface area contributed by atoms with Gasteiger partial charge in [-0.3, -0.25) is 0 Å². The molecule has 0 heterocycles. The lowest BCUT2D eigenvalue weighted by Gasteiger charge is -2.24. The quantitative estimate of drug-likeness (QED) is 0.851. The van der Waals surface area contributed by atoms with Crippen molar-refractivity contribution in [2.75, 3.05) is 25.5 Å². The second-order valence-corrected chi connectivity index (χ2v) is 5.50. The molecule has 0 amide bonds. The van der Waals surface area contributed by atoms with Gasteiger partial charge in [0.15, 0.2) is 0 Å².